The molecule has 1 fully saturated rings. The predicted molar refractivity (Wildman–Crippen MR) is 57.2 cm³/mol. The first-order chi connectivity index (χ1) is 6.45. The highest BCUT2D eigenvalue weighted by Gasteiger charge is 2.13. The van der Waals surface area contributed by atoms with E-state index in [1.165, 1.54) is 25.0 Å². The quantitative estimate of drug-likeness (QED) is 0.779. The monoisotopic (exact) mass is 197 g/mol. The minimum Gasteiger partial charge on any atom is -0.355 e. The molecule has 2 rings (SSSR count). The van der Waals surface area contributed by atoms with Gasteiger partial charge in [0, 0.05) is 24.2 Å². The summed E-state index contributed by atoms with van der Waals surface area (Å²) in [6.07, 6.45) is 7.74. The minimum atomic E-state index is 0.777. The van der Waals surface area contributed by atoms with Gasteiger partial charge < -0.3 is 10.3 Å². The molecule has 2 N–H and O–H groups in total. The van der Waals surface area contributed by atoms with Gasteiger partial charge in [-0.25, -0.2) is 4.98 Å². The number of anilines is 1. The first-order valence-corrected chi connectivity index (χ1v) is 5.85. The molecule has 2 heterocycles. The molecule has 0 aliphatic carbocycles. The summed E-state index contributed by atoms with van der Waals surface area (Å²) in [6, 6.07) is 0. The molecule has 1 aromatic heterocycles. The van der Waals surface area contributed by atoms with Crippen molar-refractivity contribution in [1.82, 2.24) is 9.97 Å². The van der Waals surface area contributed by atoms with E-state index in [0.29, 0.717) is 0 Å². The maximum atomic E-state index is 4.12. The molecule has 13 heavy (non-hydrogen) atoms. The highest BCUT2D eigenvalue weighted by Crippen LogP contribution is 2.24. The highest BCUT2D eigenvalue weighted by molar-refractivity contribution is 7.99. The molecule has 4 heteroatoms. The zero-order chi connectivity index (χ0) is 8.93. The number of aromatic amines is 1. The number of hydrogen-bond acceptors (Lipinski definition) is 3. The second-order valence-electron chi connectivity index (χ2n) is 3.31. The average molecular weight is 197 g/mol. The van der Waals surface area contributed by atoms with Crippen molar-refractivity contribution in [1.29, 1.82) is 0 Å². The first-order valence-electron chi connectivity index (χ1n) is 4.80. The van der Waals surface area contributed by atoms with Crippen molar-refractivity contribution in [2.75, 3.05) is 17.6 Å². The van der Waals surface area contributed by atoms with Crippen LogP contribution in [0.4, 0.5) is 5.95 Å². The average Bonchev–Trinajstić information content (AvgIpc) is 2.69. The minimum absolute atomic E-state index is 0.777. The Hall–Kier alpha value is -0.640. The van der Waals surface area contributed by atoms with Crippen LogP contribution in [0.5, 0.6) is 0 Å². The second-order valence-corrected chi connectivity index (χ2v) is 4.72. The van der Waals surface area contributed by atoms with Gasteiger partial charge in [-0.2, -0.15) is 11.8 Å². The largest absolute Gasteiger partial charge is 0.355 e. The summed E-state index contributed by atoms with van der Waals surface area (Å²) in [4.78, 5) is 7.17. The van der Waals surface area contributed by atoms with Crippen molar-refractivity contribution in [2.24, 2.45) is 0 Å². The lowest BCUT2D eigenvalue weighted by Crippen LogP contribution is -2.20. The number of thioether (sulfide) groups is 1. The van der Waals surface area contributed by atoms with Crippen LogP contribution in [0.15, 0.2) is 12.4 Å². The van der Waals surface area contributed by atoms with Crippen molar-refractivity contribution < 1.29 is 0 Å². The summed E-state index contributed by atoms with van der Waals surface area (Å²) in [5, 5.41) is 4.08. The molecule has 0 saturated carbocycles. The van der Waals surface area contributed by atoms with Crippen LogP contribution >= 0.6 is 11.8 Å². The molecule has 1 saturated heterocycles. The molecule has 3 nitrogen and oxygen atoms in total. The number of nitrogens with one attached hydrogen (secondary N) is 2. The molecule has 0 bridgehead atoms. The molecule has 0 aromatic carbocycles. The fourth-order valence-electron chi connectivity index (χ4n) is 1.54. The molecule has 0 spiro atoms. The van der Waals surface area contributed by atoms with Gasteiger partial charge in [0.05, 0.1) is 0 Å². The predicted octanol–water partition coefficient (Wildman–Crippen LogP) is 2.11. The Morgan fingerprint density at radius 1 is 1.62 bits per heavy atom. The van der Waals surface area contributed by atoms with Crippen molar-refractivity contribution >= 4 is 17.7 Å². The molecule has 72 valence electrons. The normalized spacial score (nSPS) is 22.9. The van der Waals surface area contributed by atoms with Gasteiger partial charge in [-0.1, -0.05) is 6.42 Å². The molecule has 1 aliphatic heterocycles. The highest BCUT2D eigenvalue weighted by atomic mass is 32.2. The van der Waals surface area contributed by atoms with Gasteiger partial charge in [0.25, 0.3) is 0 Å². The van der Waals surface area contributed by atoms with E-state index in [9.17, 15) is 0 Å². The van der Waals surface area contributed by atoms with Crippen LogP contribution < -0.4 is 5.32 Å². The fourth-order valence-corrected chi connectivity index (χ4v) is 2.78. The molecule has 1 atom stereocenters. The summed E-state index contributed by atoms with van der Waals surface area (Å²) >= 11 is 2.08. The maximum absolute atomic E-state index is 4.12. The van der Waals surface area contributed by atoms with E-state index in [4.69, 9.17) is 0 Å². The van der Waals surface area contributed by atoms with E-state index in [-0.39, 0.29) is 0 Å². The van der Waals surface area contributed by atoms with Crippen molar-refractivity contribution in [3.05, 3.63) is 12.4 Å². The van der Waals surface area contributed by atoms with Crippen LogP contribution in [-0.2, 0) is 0 Å². The van der Waals surface area contributed by atoms with Crippen molar-refractivity contribution in [3.8, 4) is 0 Å². The van der Waals surface area contributed by atoms with Crippen molar-refractivity contribution in [3.63, 3.8) is 0 Å². The molecule has 0 amide bonds. The van der Waals surface area contributed by atoms with Crippen LogP contribution in [0.2, 0.25) is 0 Å². The van der Waals surface area contributed by atoms with Crippen LogP contribution in [-0.4, -0.2) is 27.5 Å². The Morgan fingerprint density at radius 3 is 3.31 bits per heavy atom. The molecular weight excluding hydrogens is 182 g/mol. The zero-order valence-electron chi connectivity index (χ0n) is 7.62. The summed E-state index contributed by atoms with van der Waals surface area (Å²) in [6.45, 7) is 1.04. The van der Waals surface area contributed by atoms with Crippen molar-refractivity contribution in [2.45, 2.75) is 24.5 Å². The van der Waals surface area contributed by atoms with Gasteiger partial charge in [0.1, 0.15) is 0 Å². The number of imidazole rings is 1. The third kappa shape index (κ3) is 2.66. The number of H-pyrrole nitrogens is 1. The Bertz CT molecular complexity index is 229. The van der Waals surface area contributed by atoms with E-state index in [1.807, 2.05) is 6.20 Å². The number of aromatic nitrogens is 2. The SMILES string of the molecule is c1c[nH]c(NCC2CCCCS2)n1. The van der Waals surface area contributed by atoms with Gasteiger partial charge in [0.2, 0.25) is 0 Å². The summed E-state index contributed by atoms with van der Waals surface area (Å²) < 4.78 is 0. The summed E-state index contributed by atoms with van der Waals surface area (Å²) in [7, 11) is 0. The van der Waals surface area contributed by atoms with Gasteiger partial charge in [-0.3, -0.25) is 0 Å². The topological polar surface area (TPSA) is 40.7 Å². The number of nitrogens with zero attached hydrogens (tertiary/aromatic N) is 1. The van der Waals surface area contributed by atoms with E-state index in [1.54, 1.807) is 6.20 Å². The molecule has 1 aliphatic rings. The third-order valence-electron chi connectivity index (χ3n) is 2.27. The zero-order valence-corrected chi connectivity index (χ0v) is 8.44. The second kappa shape index (κ2) is 4.56. The van der Waals surface area contributed by atoms with Gasteiger partial charge in [-0.15, -0.1) is 0 Å². The maximum Gasteiger partial charge on any atom is 0.200 e. The lowest BCUT2D eigenvalue weighted by atomic mass is 10.2. The van der Waals surface area contributed by atoms with Crippen LogP contribution in [0.25, 0.3) is 0 Å². The molecule has 1 aromatic rings. The van der Waals surface area contributed by atoms with Gasteiger partial charge in [0.15, 0.2) is 5.95 Å². The lowest BCUT2D eigenvalue weighted by Gasteiger charge is -2.21. The standard InChI is InChI=1S/C9H15N3S/c1-2-6-13-8(3-1)7-12-9-10-4-5-11-9/h4-5,8H,1-3,6-7H2,(H2,10,11,12). The van der Waals surface area contributed by atoms with E-state index >= 15 is 0 Å². The van der Waals surface area contributed by atoms with Gasteiger partial charge in [-0.05, 0) is 18.6 Å². The first kappa shape index (κ1) is 8.94. The van der Waals surface area contributed by atoms with Crippen LogP contribution in [0, 0.1) is 0 Å². The lowest BCUT2D eigenvalue weighted by molar-refractivity contribution is 0.676. The molecule has 0 radical (unpaired) electrons. The summed E-state index contributed by atoms with van der Waals surface area (Å²) in [5.41, 5.74) is 0. The summed E-state index contributed by atoms with van der Waals surface area (Å²) in [5.74, 6) is 2.22. The van der Waals surface area contributed by atoms with Gasteiger partial charge >= 0.3 is 0 Å². The van der Waals surface area contributed by atoms with E-state index in [0.717, 1.165) is 17.7 Å². The molecular formula is C9H15N3S. The Kier molecular flexibility index (Phi) is 3.13. The van der Waals surface area contributed by atoms with E-state index < -0.39 is 0 Å². The smallest absolute Gasteiger partial charge is 0.200 e. The van der Waals surface area contributed by atoms with Crippen LogP contribution in [0.1, 0.15) is 19.3 Å². The van der Waals surface area contributed by atoms with Crippen LogP contribution in [0.3, 0.4) is 0 Å². The Balaban J connectivity index is 1.72. The number of rotatable bonds is 3. The number of hydrogen-bond donors (Lipinski definition) is 2. The Labute approximate surface area is 82.7 Å². The Morgan fingerprint density at radius 2 is 2.62 bits per heavy atom. The van der Waals surface area contributed by atoms with E-state index in [2.05, 4.69) is 27.0 Å². The third-order valence-corrected chi connectivity index (χ3v) is 3.67. The fraction of sp³-hybridized carbons (Fsp3) is 0.667. The molecule has 1 unspecified atom stereocenters.